The Kier molecular flexibility index (Phi) is 6.43. The van der Waals surface area contributed by atoms with Crippen LogP contribution >= 0.6 is 0 Å². The average molecular weight is 363 g/mol. The van der Waals surface area contributed by atoms with Gasteiger partial charge in [0.25, 0.3) is 0 Å². The van der Waals surface area contributed by atoms with Crippen LogP contribution in [0.4, 0.5) is 5.82 Å². The smallest absolute Gasteiger partial charge is 0.358 e. The van der Waals surface area contributed by atoms with Gasteiger partial charge < -0.3 is 10.1 Å². The van der Waals surface area contributed by atoms with Crippen LogP contribution in [0.1, 0.15) is 60.1 Å². The van der Waals surface area contributed by atoms with E-state index in [1.165, 1.54) is 31.2 Å². The van der Waals surface area contributed by atoms with Gasteiger partial charge in [0.2, 0.25) is 0 Å². The van der Waals surface area contributed by atoms with Gasteiger partial charge in [0.1, 0.15) is 12.1 Å². The molecule has 1 saturated carbocycles. The Hall–Kier alpha value is -2.87. The van der Waals surface area contributed by atoms with E-state index in [2.05, 4.69) is 51.5 Å². The molecule has 0 aliphatic heterocycles. The van der Waals surface area contributed by atoms with E-state index in [4.69, 9.17) is 11.2 Å². The highest BCUT2D eigenvalue weighted by molar-refractivity contribution is 5.91. The van der Waals surface area contributed by atoms with Gasteiger partial charge in [-0.15, -0.1) is 6.42 Å². The van der Waals surface area contributed by atoms with E-state index < -0.39 is 5.97 Å². The number of carbonyl (C=O) groups excluding carboxylic acids is 1. The number of anilines is 1. The fourth-order valence-electron chi connectivity index (χ4n) is 3.76. The van der Waals surface area contributed by atoms with Crippen molar-refractivity contribution in [3.63, 3.8) is 0 Å². The number of nitrogens with zero attached hydrogens (tertiary/aromatic N) is 2. The van der Waals surface area contributed by atoms with Crippen LogP contribution in [0.2, 0.25) is 0 Å². The number of hydrogen-bond acceptors (Lipinski definition) is 5. The summed E-state index contributed by atoms with van der Waals surface area (Å²) in [6.07, 6.45) is 11.7. The maximum Gasteiger partial charge on any atom is 0.358 e. The summed E-state index contributed by atoms with van der Waals surface area (Å²) >= 11 is 0. The normalized spacial score (nSPS) is 19.1. The summed E-state index contributed by atoms with van der Waals surface area (Å²) < 4.78 is 5.03. The number of terminal acetylenes is 1. The van der Waals surface area contributed by atoms with E-state index in [9.17, 15) is 4.79 Å². The number of carbonyl (C=O) groups is 1. The molecule has 1 aromatic carbocycles. The second kappa shape index (κ2) is 9.18. The van der Waals surface area contributed by atoms with Crippen molar-refractivity contribution in [2.45, 2.75) is 38.5 Å². The predicted octanol–water partition coefficient (Wildman–Crippen LogP) is 4.02. The number of hydrogen-bond donors (Lipinski definition) is 1. The molecule has 1 fully saturated rings. The quantitative estimate of drug-likeness (QED) is 0.620. The molecule has 2 aromatic rings. The summed E-state index contributed by atoms with van der Waals surface area (Å²) in [6.45, 7) is 2.80. The van der Waals surface area contributed by atoms with E-state index >= 15 is 0 Å². The molecule has 27 heavy (non-hydrogen) atoms. The third-order valence-corrected chi connectivity index (χ3v) is 5.07. The first-order valence-corrected chi connectivity index (χ1v) is 9.50. The molecule has 0 spiro atoms. The zero-order chi connectivity index (χ0) is 19.1. The summed E-state index contributed by atoms with van der Waals surface area (Å²) in [6, 6.07) is 10.7. The Morgan fingerprint density at radius 3 is 2.85 bits per heavy atom. The minimum Gasteiger partial charge on any atom is -0.461 e. The topological polar surface area (TPSA) is 64.1 Å². The zero-order valence-corrected chi connectivity index (χ0v) is 15.6. The summed E-state index contributed by atoms with van der Waals surface area (Å²) in [5, 5.41) is 3.34. The Balaban J connectivity index is 1.67. The summed E-state index contributed by atoms with van der Waals surface area (Å²) in [5.74, 6) is 3.68. The number of esters is 1. The highest BCUT2D eigenvalue weighted by atomic mass is 16.5. The van der Waals surface area contributed by atoms with Crippen LogP contribution in [0, 0.1) is 18.3 Å². The lowest BCUT2D eigenvalue weighted by Gasteiger charge is -2.30. The van der Waals surface area contributed by atoms with Gasteiger partial charge in [0, 0.05) is 6.54 Å². The Morgan fingerprint density at radius 2 is 2.11 bits per heavy atom. The van der Waals surface area contributed by atoms with Crippen LogP contribution in [0.15, 0.2) is 36.7 Å². The van der Waals surface area contributed by atoms with E-state index in [1.807, 2.05) is 0 Å². The van der Waals surface area contributed by atoms with Crippen LogP contribution in [-0.2, 0) is 4.74 Å². The van der Waals surface area contributed by atoms with Crippen molar-refractivity contribution < 1.29 is 9.53 Å². The molecular weight excluding hydrogens is 338 g/mol. The second-order valence-corrected chi connectivity index (χ2v) is 6.83. The van der Waals surface area contributed by atoms with E-state index in [0.29, 0.717) is 23.2 Å². The summed E-state index contributed by atoms with van der Waals surface area (Å²) in [4.78, 5) is 20.3. The number of aromatic nitrogens is 2. The molecule has 1 N–H and O–H groups in total. The maximum atomic E-state index is 12.0. The predicted molar refractivity (Wildman–Crippen MR) is 106 cm³/mol. The number of nitrogens with one attached hydrogen (secondary N) is 1. The van der Waals surface area contributed by atoms with Crippen molar-refractivity contribution >= 4 is 11.8 Å². The van der Waals surface area contributed by atoms with Crippen LogP contribution in [0.5, 0.6) is 0 Å². The largest absolute Gasteiger partial charge is 0.461 e. The van der Waals surface area contributed by atoms with Gasteiger partial charge >= 0.3 is 5.97 Å². The van der Waals surface area contributed by atoms with Gasteiger partial charge in [0.05, 0.1) is 12.2 Å². The van der Waals surface area contributed by atoms with Gasteiger partial charge in [-0.25, -0.2) is 14.8 Å². The van der Waals surface area contributed by atoms with E-state index in [0.717, 1.165) is 13.0 Å². The molecule has 1 heterocycles. The van der Waals surface area contributed by atoms with Gasteiger partial charge in [-0.1, -0.05) is 42.7 Å². The Labute approximate surface area is 160 Å². The van der Waals surface area contributed by atoms with E-state index in [-0.39, 0.29) is 12.3 Å². The molecule has 2 atom stereocenters. The van der Waals surface area contributed by atoms with Crippen molar-refractivity contribution in [2.24, 2.45) is 5.92 Å². The van der Waals surface area contributed by atoms with Crippen molar-refractivity contribution in [3.05, 3.63) is 53.5 Å². The molecule has 3 rings (SSSR count). The average Bonchev–Trinajstić information content (AvgIpc) is 2.73. The lowest BCUT2D eigenvalue weighted by atomic mass is 9.78. The van der Waals surface area contributed by atoms with E-state index in [1.54, 1.807) is 6.92 Å². The summed E-state index contributed by atoms with van der Waals surface area (Å²) in [7, 11) is 0. The SMILES string of the molecule is C#Cc1c(NCC2CCCC(c3ccccc3)C2)ncnc1C(=O)OCC. The Bertz CT molecular complexity index is 814. The maximum absolute atomic E-state index is 12.0. The molecule has 2 unspecified atom stereocenters. The van der Waals surface area contributed by atoms with Gasteiger partial charge in [-0.05, 0) is 43.6 Å². The molecule has 5 heteroatoms. The van der Waals surface area contributed by atoms with Gasteiger partial charge in [0.15, 0.2) is 5.69 Å². The third-order valence-electron chi connectivity index (χ3n) is 5.07. The molecule has 0 radical (unpaired) electrons. The minimum atomic E-state index is -0.516. The molecule has 0 amide bonds. The number of ether oxygens (including phenoxy) is 1. The highest BCUT2D eigenvalue weighted by Gasteiger charge is 2.24. The first kappa shape index (κ1) is 18.9. The lowest BCUT2D eigenvalue weighted by molar-refractivity contribution is 0.0519. The van der Waals surface area contributed by atoms with Crippen LogP contribution < -0.4 is 5.32 Å². The third kappa shape index (κ3) is 4.65. The fraction of sp³-hybridized carbons (Fsp3) is 0.409. The van der Waals surface area contributed by atoms with Crippen LogP contribution in [0.25, 0.3) is 0 Å². The molecule has 0 saturated heterocycles. The molecular formula is C22H25N3O2. The first-order valence-electron chi connectivity index (χ1n) is 9.50. The Morgan fingerprint density at radius 1 is 1.30 bits per heavy atom. The van der Waals surface area contributed by atoms with Crippen molar-refractivity contribution in [2.75, 3.05) is 18.5 Å². The molecule has 1 aromatic heterocycles. The molecule has 1 aliphatic rings. The monoisotopic (exact) mass is 363 g/mol. The molecule has 5 nitrogen and oxygen atoms in total. The van der Waals surface area contributed by atoms with Crippen LogP contribution in [0.3, 0.4) is 0 Å². The molecule has 1 aliphatic carbocycles. The second-order valence-electron chi connectivity index (χ2n) is 6.83. The lowest BCUT2D eigenvalue weighted by Crippen LogP contribution is -2.22. The van der Waals surface area contributed by atoms with Crippen LogP contribution in [-0.4, -0.2) is 29.1 Å². The van der Waals surface area contributed by atoms with Crippen molar-refractivity contribution in [1.29, 1.82) is 0 Å². The number of rotatable bonds is 6. The van der Waals surface area contributed by atoms with Crippen molar-refractivity contribution in [3.8, 4) is 12.3 Å². The fourth-order valence-corrected chi connectivity index (χ4v) is 3.76. The first-order chi connectivity index (χ1) is 13.2. The number of benzene rings is 1. The molecule has 140 valence electrons. The zero-order valence-electron chi connectivity index (χ0n) is 15.6. The van der Waals surface area contributed by atoms with Crippen molar-refractivity contribution in [1.82, 2.24) is 9.97 Å². The summed E-state index contributed by atoms with van der Waals surface area (Å²) in [5.41, 5.74) is 1.92. The minimum absolute atomic E-state index is 0.141. The standard InChI is InChI=1S/C22H25N3O2/c1-3-19-20(22(26)27-4-2)24-15-25-21(19)23-14-16-9-8-12-18(13-16)17-10-6-5-7-11-17/h1,5-7,10-11,15-16,18H,4,8-9,12-14H2,2H3,(H,23,24,25). The van der Waals surface area contributed by atoms with Gasteiger partial charge in [-0.3, -0.25) is 0 Å². The highest BCUT2D eigenvalue weighted by Crippen LogP contribution is 2.36. The molecule has 0 bridgehead atoms. The van der Waals surface area contributed by atoms with Gasteiger partial charge in [-0.2, -0.15) is 0 Å².